The molecule has 0 amide bonds. The maximum absolute atomic E-state index is 5.63. The van der Waals surface area contributed by atoms with Gasteiger partial charge in [0.2, 0.25) is 0 Å². The van der Waals surface area contributed by atoms with E-state index in [2.05, 4.69) is 41.4 Å². The molecule has 3 nitrogen and oxygen atoms in total. The Bertz CT molecular complexity index is 459. The van der Waals surface area contributed by atoms with Gasteiger partial charge in [-0.25, -0.2) is 4.98 Å². The van der Waals surface area contributed by atoms with Crippen LogP contribution in [-0.4, -0.2) is 15.9 Å². The van der Waals surface area contributed by atoms with Gasteiger partial charge in [0.25, 0.3) is 0 Å². The van der Waals surface area contributed by atoms with E-state index in [0.29, 0.717) is 12.5 Å². The van der Waals surface area contributed by atoms with Crippen LogP contribution in [0.15, 0.2) is 24.5 Å². The molecule has 1 unspecified atom stereocenters. The summed E-state index contributed by atoms with van der Waals surface area (Å²) in [5.74, 6) is 0.490. The van der Waals surface area contributed by atoms with Crippen LogP contribution in [0.5, 0.6) is 0 Å². The van der Waals surface area contributed by atoms with Crippen molar-refractivity contribution in [1.29, 1.82) is 0 Å². The van der Waals surface area contributed by atoms with Crippen LogP contribution in [0, 0.1) is 12.8 Å². The molecule has 15 heavy (non-hydrogen) atoms. The normalized spacial score (nSPS) is 13.3. The lowest BCUT2D eigenvalue weighted by atomic mass is 10.1. The highest BCUT2D eigenvalue weighted by molar-refractivity contribution is 5.53. The predicted molar refractivity (Wildman–Crippen MR) is 61.9 cm³/mol. The summed E-state index contributed by atoms with van der Waals surface area (Å²) >= 11 is 0. The van der Waals surface area contributed by atoms with Crippen molar-refractivity contribution in [2.45, 2.75) is 20.3 Å². The van der Waals surface area contributed by atoms with Crippen LogP contribution >= 0.6 is 0 Å². The van der Waals surface area contributed by atoms with E-state index in [-0.39, 0.29) is 0 Å². The molecule has 2 N–H and O–H groups in total. The van der Waals surface area contributed by atoms with Crippen LogP contribution < -0.4 is 5.73 Å². The monoisotopic (exact) mass is 203 g/mol. The van der Waals surface area contributed by atoms with Gasteiger partial charge in [0.05, 0.1) is 17.5 Å². The van der Waals surface area contributed by atoms with Gasteiger partial charge in [-0.1, -0.05) is 13.0 Å². The van der Waals surface area contributed by atoms with Gasteiger partial charge in [0.1, 0.15) is 0 Å². The summed E-state index contributed by atoms with van der Waals surface area (Å²) < 4.78 is 2.12. The fourth-order valence-electron chi connectivity index (χ4n) is 1.78. The molecule has 0 bridgehead atoms. The Balaban J connectivity index is 2.41. The summed E-state index contributed by atoms with van der Waals surface area (Å²) in [5, 5.41) is 0. The molecule has 1 atom stereocenters. The van der Waals surface area contributed by atoms with Crippen molar-refractivity contribution in [1.82, 2.24) is 9.38 Å². The maximum Gasteiger partial charge on any atom is 0.0997 e. The number of aryl methyl sites for hydroxylation is 1. The van der Waals surface area contributed by atoms with Gasteiger partial charge < -0.3 is 10.1 Å². The van der Waals surface area contributed by atoms with Crippen LogP contribution in [0.3, 0.4) is 0 Å². The summed E-state index contributed by atoms with van der Waals surface area (Å²) in [5.41, 5.74) is 9.20. The molecule has 0 saturated carbocycles. The SMILES string of the molecule is Cc1cccc2c(CC(C)CN)ncn12. The summed E-state index contributed by atoms with van der Waals surface area (Å²) in [6.45, 7) is 4.95. The minimum absolute atomic E-state index is 0.490. The zero-order chi connectivity index (χ0) is 10.8. The molecule has 0 aliphatic rings. The fraction of sp³-hybridized carbons (Fsp3) is 0.417. The highest BCUT2D eigenvalue weighted by Crippen LogP contribution is 2.15. The standard InChI is InChI=1S/C12H17N3/c1-9(7-13)6-11-12-5-3-4-10(2)15(12)8-14-11/h3-5,8-9H,6-7,13H2,1-2H3. The first-order valence-corrected chi connectivity index (χ1v) is 5.34. The molecule has 2 rings (SSSR count). The lowest BCUT2D eigenvalue weighted by molar-refractivity contribution is 0.588. The minimum atomic E-state index is 0.490. The van der Waals surface area contributed by atoms with E-state index < -0.39 is 0 Å². The Kier molecular flexibility index (Phi) is 2.73. The fourth-order valence-corrected chi connectivity index (χ4v) is 1.78. The number of fused-ring (bicyclic) bond motifs is 1. The van der Waals surface area contributed by atoms with E-state index in [1.54, 1.807) is 0 Å². The molecule has 2 aromatic rings. The lowest BCUT2D eigenvalue weighted by Crippen LogP contribution is -2.13. The van der Waals surface area contributed by atoms with Crippen molar-refractivity contribution >= 4 is 5.52 Å². The Morgan fingerprint density at radius 3 is 3.00 bits per heavy atom. The van der Waals surface area contributed by atoms with E-state index in [0.717, 1.165) is 12.1 Å². The highest BCUT2D eigenvalue weighted by Gasteiger charge is 2.08. The second kappa shape index (κ2) is 4.03. The number of hydrogen-bond donors (Lipinski definition) is 1. The summed E-state index contributed by atoms with van der Waals surface area (Å²) in [7, 11) is 0. The number of nitrogens with zero attached hydrogens (tertiary/aromatic N) is 2. The summed E-state index contributed by atoms with van der Waals surface area (Å²) in [6, 6.07) is 6.27. The molecule has 0 aromatic carbocycles. The second-order valence-electron chi connectivity index (χ2n) is 4.16. The number of hydrogen-bond acceptors (Lipinski definition) is 2. The quantitative estimate of drug-likeness (QED) is 0.826. The van der Waals surface area contributed by atoms with Gasteiger partial charge in [-0.05, 0) is 37.9 Å². The van der Waals surface area contributed by atoms with Gasteiger partial charge in [0, 0.05) is 5.69 Å². The summed E-state index contributed by atoms with van der Waals surface area (Å²) in [4.78, 5) is 4.45. The highest BCUT2D eigenvalue weighted by atomic mass is 15.0. The molecule has 0 aliphatic carbocycles. The third-order valence-electron chi connectivity index (χ3n) is 2.80. The first-order valence-electron chi connectivity index (χ1n) is 5.34. The molecule has 2 heterocycles. The maximum atomic E-state index is 5.63. The van der Waals surface area contributed by atoms with Crippen molar-refractivity contribution in [3.63, 3.8) is 0 Å². The molecule has 3 heteroatoms. The topological polar surface area (TPSA) is 43.3 Å². The van der Waals surface area contributed by atoms with Crippen molar-refractivity contribution in [2.75, 3.05) is 6.54 Å². The molecule has 0 saturated heterocycles. The second-order valence-corrected chi connectivity index (χ2v) is 4.16. The van der Waals surface area contributed by atoms with Crippen molar-refractivity contribution < 1.29 is 0 Å². The van der Waals surface area contributed by atoms with E-state index in [4.69, 9.17) is 5.73 Å². The molecule has 0 fully saturated rings. The van der Waals surface area contributed by atoms with E-state index >= 15 is 0 Å². The van der Waals surface area contributed by atoms with Gasteiger partial charge in [-0.15, -0.1) is 0 Å². The van der Waals surface area contributed by atoms with E-state index in [1.807, 2.05) is 6.33 Å². The Morgan fingerprint density at radius 2 is 2.27 bits per heavy atom. The van der Waals surface area contributed by atoms with Crippen molar-refractivity contribution in [3.8, 4) is 0 Å². The third-order valence-corrected chi connectivity index (χ3v) is 2.80. The van der Waals surface area contributed by atoms with E-state index in [1.165, 1.54) is 11.2 Å². The Hall–Kier alpha value is -1.35. The number of aromatic nitrogens is 2. The van der Waals surface area contributed by atoms with Gasteiger partial charge in [-0.3, -0.25) is 0 Å². The van der Waals surface area contributed by atoms with Gasteiger partial charge in [-0.2, -0.15) is 0 Å². The smallest absolute Gasteiger partial charge is 0.0997 e. The van der Waals surface area contributed by atoms with Crippen LogP contribution in [0.25, 0.3) is 5.52 Å². The van der Waals surface area contributed by atoms with Crippen molar-refractivity contribution in [3.05, 3.63) is 35.9 Å². The number of rotatable bonds is 3. The number of imidazole rings is 1. The average molecular weight is 203 g/mol. The van der Waals surface area contributed by atoms with Crippen LogP contribution in [0.2, 0.25) is 0 Å². The molecule has 0 radical (unpaired) electrons. The van der Waals surface area contributed by atoms with Gasteiger partial charge >= 0.3 is 0 Å². The molecular weight excluding hydrogens is 186 g/mol. The molecular formula is C12H17N3. The van der Waals surface area contributed by atoms with Gasteiger partial charge in [0.15, 0.2) is 0 Å². The first kappa shape index (κ1) is 10.2. The lowest BCUT2D eigenvalue weighted by Gasteiger charge is -2.06. The van der Waals surface area contributed by atoms with Crippen LogP contribution in [0.1, 0.15) is 18.3 Å². The third kappa shape index (κ3) is 1.88. The van der Waals surface area contributed by atoms with Crippen LogP contribution in [0.4, 0.5) is 0 Å². The minimum Gasteiger partial charge on any atom is -0.330 e. The summed E-state index contributed by atoms with van der Waals surface area (Å²) in [6.07, 6.45) is 2.85. The van der Waals surface area contributed by atoms with E-state index in [9.17, 15) is 0 Å². The zero-order valence-electron chi connectivity index (χ0n) is 9.27. The van der Waals surface area contributed by atoms with Crippen molar-refractivity contribution in [2.24, 2.45) is 11.7 Å². The molecule has 2 aromatic heterocycles. The largest absolute Gasteiger partial charge is 0.330 e. The molecule has 80 valence electrons. The molecule has 0 aliphatic heterocycles. The molecule has 0 spiro atoms. The zero-order valence-corrected chi connectivity index (χ0v) is 9.27. The number of pyridine rings is 1. The number of nitrogens with two attached hydrogens (primary N) is 1. The Morgan fingerprint density at radius 1 is 1.47 bits per heavy atom. The predicted octanol–water partition coefficient (Wildman–Crippen LogP) is 1.78. The Labute approximate surface area is 89.9 Å². The first-order chi connectivity index (χ1) is 7.22. The van der Waals surface area contributed by atoms with Crippen LogP contribution in [-0.2, 0) is 6.42 Å². The average Bonchev–Trinajstić information content (AvgIpc) is 2.63.